The first-order chi connectivity index (χ1) is 11.2. The second-order valence-corrected chi connectivity index (χ2v) is 6.73. The van der Waals surface area contributed by atoms with E-state index in [0.717, 1.165) is 22.3 Å². The summed E-state index contributed by atoms with van der Waals surface area (Å²) in [4.78, 5) is 4.49. The number of rotatable bonds is 6. The van der Waals surface area contributed by atoms with Crippen LogP contribution in [0.2, 0.25) is 0 Å². The fraction of sp³-hybridized carbons (Fsp3) is 0.278. The van der Waals surface area contributed by atoms with Crippen LogP contribution in [0, 0.1) is 6.92 Å². The summed E-state index contributed by atoms with van der Waals surface area (Å²) in [5.41, 5.74) is 4.62. The molecule has 0 fully saturated rings. The van der Waals surface area contributed by atoms with Gasteiger partial charge in [-0.15, -0.1) is 11.3 Å². The predicted octanol–water partition coefficient (Wildman–Crippen LogP) is 5.19. The minimum atomic E-state index is 0.527. The van der Waals surface area contributed by atoms with Crippen LogP contribution in [0.1, 0.15) is 11.3 Å². The first kappa shape index (κ1) is 16.4. The minimum Gasteiger partial charge on any atom is -0.490 e. The van der Waals surface area contributed by atoms with Crippen molar-refractivity contribution in [3.63, 3.8) is 0 Å². The van der Waals surface area contributed by atoms with Gasteiger partial charge in [-0.25, -0.2) is 0 Å². The molecule has 3 aromatic rings. The number of thiophene rings is 1. The van der Waals surface area contributed by atoms with Crippen molar-refractivity contribution in [2.75, 3.05) is 20.3 Å². The molecule has 0 radical (unpaired) electrons. The Balaban J connectivity index is 2.01. The maximum atomic E-state index is 5.71. The molecular weight excluding hydrogens is 374 g/mol. The molecule has 2 heterocycles. The highest BCUT2D eigenvalue weighted by molar-refractivity contribution is 9.08. The SMILES string of the molecule is COCCOc1cnc(C)c(-c2csc3ccc(CBr)cc23)c1. The molecule has 0 spiro atoms. The molecule has 0 aliphatic carbocycles. The molecule has 0 saturated heterocycles. The van der Waals surface area contributed by atoms with Crippen molar-refractivity contribution in [1.29, 1.82) is 0 Å². The zero-order chi connectivity index (χ0) is 16.2. The van der Waals surface area contributed by atoms with Gasteiger partial charge in [0, 0.05) is 39.3 Å². The summed E-state index contributed by atoms with van der Waals surface area (Å²) in [6, 6.07) is 8.66. The highest BCUT2D eigenvalue weighted by atomic mass is 79.9. The molecule has 23 heavy (non-hydrogen) atoms. The number of aryl methyl sites for hydroxylation is 1. The third kappa shape index (κ3) is 3.57. The molecule has 0 aliphatic heterocycles. The van der Waals surface area contributed by atoms with Crippen LogP contribution in [0.3, 0.4) is 0 Å². The second-order valence-electron chi connectivity index (χ2n) is 5.26. The Labute approximate surface area is 148 Å². The summed E-state index contributed by atoms with van der Waals surface area (Å²) >= 11 is 5.29. The van der Waals surface area contributed by atoms with Crippen molar-refractivity contribution in [3.8, 4) is 16.9 Å². The highest BCUT2D eigenvalue weighted by Gasteiger charge is 2.11. The van der Waals surface area contributed by atoms with Crippen molar-refractivity contribution in [3.05, 3.63) is 47.1 Å². The summed E-state index contributed by atoms with van der Waals surface area (Å²) < 4.78 is 12.0. The number of aromatic nitrogens is 1. The number of halogens is 1. The van der Waals surface area contributed by atoms with E-state index in [-0.39, 0.29) is 0 Å². The molecule has 0 bridgehead atoms. The lowest BCUT2D eigenvalue weighted by molar-refractivity contribution is 0.146. The number of alkyl halides is 1. The lowest BCUT2D eigenvalue weighted by Gasteiger charge is -2.09. The zero-order valence-electron chi connectivity index (χ0n) is 13.1. The molecule has 3 rings (SSSR count). The molecule has 0 atom stereocenters. The molecule has 3 nitrogen and oxygen atoms in total. The zero-order valence-corrected chi connectivity index (χ0v) is 15.5. The Morgan fingerprint density at radius 3 is 2.83 bits per heavy atom. The summed E-state index contributed by atoms with van der Waals surface area (Å²) in [6.07, 6.45) is 1.77. The van der Waals surface area contributed by atoms with Crippen LogP contribution in [0.25, 0.3) is 21.2 Å². The molecule has 1 aromatic carbocycles. The molecule has 0 saturated carbocycles. The monoisotopic (exact) mass is 391 g/mol. The van der Waals surface area contributed by atoms with E-state index in [1.54, 1.807) is 24.6 Å². The van der Waals surface area contributed by atoms with Crippen molar-refractivity contribution in [1.82, 2.24) is 4.98 Å². The smallest absolute Gasteiger partial charge is 0.138 e. The van der Waals surface area contributed by atoms with Crippen LogP contribution in [0.4, 0.5) is 0 Å². The average Bonchev–Trinajstić information content (AvgIpc) is 2.99. The highest BCUT2D eigenvalue weighted by Crippen LogP contribution is 2.37. The summed E-state index contributed by atoms with van der Waals surface area (Å²) in [5.74, 6) is 0.777. The van der Waals surface area contributed by atoms with Crippen molar-refractivity contribution in [2.45, 2.75) is 12.3 Å². The summed E-state index contributed by atoms with van der Waals surface area (Å²) in [7, 11) is 1.67. The first-order valence-corrected chi connectivity index (χ1v) is 9.38. The standard InChI is InChI=1S/C18H18BrNO2S/c1-12-15(8-14(10-20-12)22-6-5-21-2)17-11-23-18-4-3-13(9-19)7-16(17)18/h3-4,7-8,10-11H,5-6,9H2,1-2H3. The van der Waals surface area contributed by atoms with Gasteiger partial charge in [0.25, 0.3) is 0 Å². The van der Waals surface area contributed by atoms with Gasteiger partial charge >= 0.3 is 0 Å². The van der Waals surface area contributed by atoms with E-state index in [1.807, 2.05) is 6.92 Å². The van der Waals surface area contributed by atoms with Crippen LogP contribution in [0.5, 0.6) is 5.75 Å². The van der Waals surface area contributed by atoms with Gasteiger partial charge in [0.05, 0.1) is 12.8 Å². The Morgan fingerprint density at radius 1 is 1.17 bits per heavy atom. The van der Waals surface area contributed by atoms with E-state index in [4.69, 9.17) is 9.47 Å². The fourth-order valence-electron chi connectivity index (χ4n) is 2.48. The van der Waals surface area contributed by atoms with E-state index in [0.29, 0.717) is 13.2 Å². The Kier molecular flexibility index (Phi) is 5.30. The van der Waals surface area contributed by atoms with Gasteiger partial charge in [-0.05, 0) is 36.1 Å². The number of ether oxygens (including phenoxy) is 2. The van der Waals surface area contributed by atoms with Crippen molar-refractivity contribution in [2.24, 2.45) is 0 Å². The maximum absolute atomic E-state index is 5.71. The van der Waals surface area contributed by atoms with Gasteiger partial charge in [0.15, 0.2) is 0 Å². The lowest BCUT2D eigenvalue weighted by atomic mass is 10.0. The number of nitrogens with zero attached hydrogens (tertiary/aromatic N) is 1. The third-order valence-electron chi connectivity index (χ3n) is 3.70. The van der Waals surface area contributed by atoms with Gasteiger partial charge in [-0.2, -0.15) is 0 Å². The van der Waals surface area contributed by atoms with Crippen molar-refractivity contribution >= 4 is 37.4 Å². The quantitative estimate of drug-likeness (QED) is 0.427. The molecule has 0 unspecified atom stereocenters. The lowest BCUT2D eigenvalue weighted by Crippen LogP contribution is -2.04. The van der Waals surface area contributed by atoms with E-state index in [2.05, 4.69) is 50.6 Å². The van der Waals surface area contributed by atoms with Gasteiger partial charge in [-0.3, -0.25) is 4.98 Å². The topological polar surface area (TPSA) is 31.4 Å². The Morgan fingerprint density at radius 2 is 2.04 bits per heavy atom. The van der Waals surface area contributed by atoms with Gasteiger partial charge in [0.1, 0.15) is 12.4 Å². The van der Waals surface area contributed by atoms with Gasteiger partial charge in [-0.1, -0.05) is 22.0 Å². The fourth-order valence-corrected chi connectivity index (χ4v) is 3.77. The van der Waals surface area contributed by atoms with Gasteiger partial charge in [0.2, 0.25) is 0 Å². The number of fused-ring (bicyclic) bond motifs is 1. The minimum absolute atomic E-state index is 0.527. The maximum Gasteiger partial charge on any atom is 0.138 e. The van der Waals surface area contributed by atoms with Crippen LogP contribution >= 0.6 is 27.3 Å². The number of hydrogen-bond donors (Lipinski definition) is 0. The van der Waals surface area contributed by atoms with Crippen LogP contribution in [-0.4, -0.2) is 25.3 Å². The largest absolute Gasteiger partial charge is 0.490 e. The Bertz CT molecular complexity index is 816. The van der Waals surface area contributed by atoms with Crippen molar-refractivity contribution < 1.29 is 9.47 Å². The molecule has 0 N–H and O–H groups in total. The number of benzene rings is 1. The van der Waals surface area contributed by atoms with E-state index >= 15 is 0 Å². The summed E-state index contributed by atoms with van der Waals surface area (Å²) in [6.45, 7) is 3.13. The number of methoxy groups -OCH3 is 1. The van der Waals surface area contributed by atoms with E-state index in [1.165, 1.54) is 21.2 Å². The molecule has 2 aromatic heterocycles. The molecular formula is C18H18BrNO2S. The number of hydrogen-bond acceptors (Lipinski definition) is 4. The van der Waals surface area contributed by atoms with E-state index < -0.39 is 0 Å². The average molecular weight is 392 g/mol. The third-order valence-corrected chi connectivity index (χ3v) is 5.31. The van der Waals surface area contributed by atoms with Crippen LogP contribution in [-0.2, 0) is 10.1 Å². The predicted molar refractivity (Wildman–Crippen MR) is 99.8 cm³/mol. The van der Waals surface area contributed by atoms with Crippen LogP contribution < -0.4 is 4.74 Å². The van der Waals surface area contributed by atoms with Crippen LogP contribution in [0.15, 0.2) is 35.8 Å². The summed E-state index contributed by atoms with van der Waals surface area (Å²) in [5, 5.41) is 4.33. The molecule has 0 amide bonds. The van der Waals surface area contributed by atoms with E-state index in [9.17, 15) is 0 Å². The number of pyridine rings is 1. The first-order valence-electron chi connectivity index (χ1n) is 7.37. The molecule has 0 aliphatic rings. The molecule has 120 valence electrons. The van der Waals surface area contributed by atoms with Gasteiger partial charge < -0.3 is 9.47 Å². The normalized spacial score (nSPS) is 11.1. The molecule has 5 heteroatoms. The second kappa shape index (κ2) is 7.43. The Hall–Kier alpha value is -1.43.